The van der Waals surface area contributed by atoms with Crippen LogP contribution in [0.2, 0.25) is 0 Å². The number of aromatic hydroxyl groups is 2. The smallest absolute Gasteiger partial charge is 0.257 e. The molecular weight excluding hydrogens is 378 g/mol. The Kier molecular flexibility index (Phi) is 4.40. The highest BCUT2D eigenvalue weighted by molar-refractivity contribution is 7.22. The molecule has 0 saturated heterocycles. The van der Waals surface area contributed by atoms with Crippen molar-refractivity contribution in [3.63, 3.8) is 0 Å². The number of nitrogens with zero attached hydrogens (tertiary/aromatic N) is 2. The molecule has 0 saturated carbocycles. The molecule has 2 aromatic carbocycles. The molecule has 0 aliphatic carbocycles. The van der Waals surface area contributed by atoms with E-state index < -0.39 is 0 Å². The maximum absolute atomic E-state index is 12.7. The zero-order chi connectivity index (χ0) is 19.8. The van der Waals surface area contributed by atoms with E-state index in [2.05, 4.69) is 10.3 Å². The van der Waals surface area contributed by atoms with Gasteiger partial charge in [0.2, 0.25) is 0 Å². The van der Waals surface area contributed by atoms with E-state index in [-0.39, 0.29) is 17.7 Å². The Balaban J connectivity index is 1.65. The number of fused-ring (bicyclic) bond motifs is 1. The summed E-state index contributed by atoms with van der Waals surface area (Å²) in [5.74, 6) is 0.0640. The quantitative estimate of drug-likeness (QED) is 0.484. The van der Waals surface area contributed by atoms with Crippen molar-refractivity contribution in [2.75, 3.05) is 12.4 Å². The maximum Gasteiger partial charge on any atom is 0.257 e. The van der Waals surface area contributed by atoms with E-state index in [0.29, 0.717) is 27.6 Å². The molecular formula is C20H17N3O4S. The highest BCUT2D eigenvalue weighted by Crippen LogP contribution is 2.35. The molecule has 1 amide bonds. The summed E-state index contributed by atoms with van der Waals surface area (Å²) < 4.78 is 7.53. The lowest BCUT2D eigenvalue weighted by molar-refractivity contribution is 0.102. The number of aryl methyl sites for hydroxylation is 1. The first kappa shape index (κ1) is 17.9. The molecule has 4 rings (SSSR count). The molecule has 7 nitrogen and oxygen atoms in total. The topological polar surface area (TPSA) is 96.6 Å². The van der Waals surface area contributed by atoms with Crippen LogP contribution in [0, 0.1) is 6.92 Å². The van der Waals surface area contributed by atoms with E-state index in [1.807, 2.05) is 19.1 Å². The normalized spacial score (nSPS) is 10.9. The van der Waals surface area contributed by atoms with E-state index in [1.54, 1.807) is 31.4 Å². The van der Waals surface area contributed by atoms with Crippen molar-refractivity contribution in [1.29, 1.82) is 0 Å². The summed E-state index contributed by atoms with van der Waals surface area (Å²) in [6, 6.07) is 13.1. The minimum Gasteiger partial charge on any atom is -0.494 e. The van der Waals surface area contributed by atoms with Crippen molar-refractivity contribution in [3.8, 4) is 23.2 Å². The van der Waals surface area contributed by atoms with Crippen molar-refractivity contribution in [2.24, 2.45) is 0 Å². The van der Waals surface area contributed by atoms with Gasteiger partial charge in [0.25, 0.3) is 5.91 Å². The van der Waals surface area contributed by atoms with Crippen LogP contribution >= 0.6 is 11.3 Å². The number of aromatic nitrogens is 2. The fraction of sp³-hybridized carbons (Fsp3) is 0.100. The van der Waals surface area contributed by atoms with E-state index >= 15 is 0 Å². The number of thiazole rings is 1. The molecule has 2 aromatic heterocycles. The first-order valence-electron chi connectivity index (χ1n) is 8.43. The predicted octanol–water partition coefficient (Wildman–Crippen LogP) is 4.07. The second-order valence-corrected chi connectivity index (χ2v) is 7.17. The number of rotatable bonds is 4. The molecule has 0 fully saturated rings. The van der Waals surface area contributed by atoms with Gasteiger partial charge in [-0.2, -0.15) is 0 Å². The number of carbonyl (C=O) groups is 1. The molecule has 142 valence electrons. The summed E-state index contributed by atoms with van der Waals surface area (Å²) >= 11 is 1.38. The fourth-order valence-electron chi connectivity index (χ4n) is 2.96. The third-order valence-corrected chi connectivity index (χ3v) is 5.46. The number of benzene rings is 2. The van der Waals surface area contributed by atoms with Crippen LogP contribution in [0.3, 0.4) is 0 Å². The summed E-state index contributed by atoms with van der Waals surface area (Å²) in [5.41, 5.74) is 2.59. The molecule has 4 aromatic rings. The van der Waals surface area contributed by atoms with E-state index in [0.717, 1.165) is 10.3 Å². The highest BCUT2D eigenvalue weighted by atomic mass is 32.1. The van der Waals surface area contributed by atoms with Gasteiger partial charge in [-0.1, -0.05) is 23.5 Å². The SMILES string of the molecule is COc1ccc(C)c2sc(NC(=O)c3cccc(-n4c(O)ccc4O)c3)nc12. The first-order chi connectivity index (χ1) is 13.5. The molecule has 0 radical (unpaired) electrons. The van der Waals surface area contributed by atoms with Gasteiger partial charge in [-0.25, -0.2) is 4.98 Å². The molecule has 0 bridgehead atoms. The van der Waals surface area contributed by atoms with Crippen molar-refractivity contribution < 1.29 is 19.7 Å². The Hall–Kier alpha value is -3.52. The van der Waals surface area contributed by atoms with Gasteiger partial charge in [-0.15, -0.1) is 0 Å². The zero-order valence-electron chi connectivity index (χ0n) is 15.1. The molecule has 0 aliphatic rings. The number of amides is 1. The van der Waals surface area contributed by atoms with Crippen molar-refractivity contribution in [1.82, 2.24) is 9.55 Å². The molecule has 28 heavy (non-hydrogen) atoms. The monoisotopic (exact) mass is 395 g/mol. The van der Waals surface area contributed by atoms with Gasteiger partial charge in [-0.3, -0.25) is 14.7 Å². The van der Waals surface area contributed by atoms with E-state index in [4.69, 9.17) is 4.74 Å². The lowest BCUT2D eigenvalue weighted by Gasteiger charge is -2.08. The second-order valence-electron chi connectivity index (χ2n) is 6.17. The van der Waals surface area contributed by atoms with Gasteiger partial charge in [-0.05, 0) is 36.8 Å². The number of hydrogen-bond donors (Lipinski definition) is 3. The molecule has 0 unspecified atom stereocenters. The minimum absolute atomic E-state index is 0.121. The number of methoxy groups -OCH3 is 1. The minimum atomic E-state index is -0.344. The highest BCUT2D eigenvalue weighted by Gasteiger charge is 2.15. The number of carbonyl (C=O) groups excluding carboxylic acids is 1. The van der Waals surface area contributed by atoms with Crippen molar-refractivity contribution >= 4 is 32.6 Å². The number of nitrogens with one attached hydrogen (secondary N) is 1. The van der Waals surface area contributed by atoms with Crippen LogP contribution < -0.4 is 10.1 Å². The van der Waals surface area contributed by atoms with Gasteiger partial charge in [0, 0.05) is 17.7 Å². The predicted molar refractivity (Wildman–Crippen MR) is 108 cm³/mol. The first-order valence-corrected chi connectivity index (χ1v) is 9.25. The average molecular weight is 395 g/mol. The van der Waals surface area contributed by atoms with Gasteiger partial charge in [0.1, 0.15) is 11.3 Å². The van der Waals surface area contributed by atoms with Gasteiger partial charge >= 0.3 is 0 Å². The van der Waals surface area contributed by atoms with Crippen molar-refractivity contribution in [2.45, 2.75) is 6.92 Å². The molecule has 0 aliphatic heterocycles. The summed E-state index contributed by atoms with van der Waals surface area (Å²) in [7, 11) is 1.58. The standard InChI is InChI=1S/C20H17N3O4S/c1-11-6-7-14(27-2)17-18(11)28-20(21-17)22-19(26)12-4-3-5-13(10-12)23-15(24)8-9-16(23)25/h3-10,24-25H,1-2H3,(H,21,22,26). The summed E-state index contributed by atoms with van der Waals surface area (Å²) in [6.45, 7) is 1.98. The largest absolute Gasteiger partial charge is 0.494 e. The van der Waals surface area contributed by atoms with Crippen LogP contribution in [-0.4, -0.2) is 32.8 Å². The third kappa shape index (κ3) is 3.03. The average Bonchev–Trinajstić information content (AvgIpc) is 3.26. The van der Waals surface area contributed by atoms with Gasteiger partial charge < -0.3 is 14.9 Å². The summed E-state index contributed by atoms with van der Waals surface area (Å²) in [5, 5.41) is 23.0. The second kappa shape index (κ2) is 6.90. The Morgan fingerprint density at radius 3 is 2.61 bits per heavy atom. The fourth-order valence-corrected chi connectivity index (χ4v) is 3.91. The van der Waals surface area contributed by atoms with Crippen LogP contribution in [-0.2, 0) is 0 Å². The lowest BCUT2D eigenvalue weighted by Crippen LogP contribution is -2.12. The van der Waals surface area contributed by atoms with Gasteiger partial charge in [0.15, 0.2) is 16.9 Å². The van der Waals surface area contributed by atoms with Crippen molar-refractivity contribution in [3.05, 3.63) is 59.7 Å². The number of anilines is 1. The Morgan fingerprint density at radius 2 is 1.89 bits per heavy atom. The van der Waals surface area contributed by atoms with E-state index in [9.17, 15) is 15.0 Å². The Morgan fingerprint density at radius 1 is 1.14 bits per heavy atom. The van der Waals surface area contributed by atoms with Crippen LogP contribution in [0.25, 0.3) is 15.9 Å². The van der Waals surface area contributed by atoms with E-state index in [1.165, 1.54) is 28.0 Å². The molecule has 0 spiro atoms. The molecule has 2 heterocycles. The number of hydrogen-bond acceptors (Lipinski definition) is 6. The Labute approximate surface area is 164 Å². The molecule has 8 heteroatoms. The number of ether oxygens (including phenoxy) is 1. The van der Waals surface area contributed by atoms with Gasteiger partial charge in [0.05, 0.1) is 17.5 Å². The van der Waals surface area contributed by atoms with Crippen LogP contribution in [0.15, 0.2) is 48.5 Å². The molecule has 3 N–H and O–H groups in total. The molecule has 0 atom stereocenters. The third-order valence-electron chi connectivity index (χ3n) is 4.35. The lowest BCUT2D eigenvalue weighted by atomic mass is 10.2. The zero-order valence-corrected chi connectivity index (χ0v) is 15.9. The maximum atomic E-state index is 12.7. The van der Waals surface area contributed by atoms with Crippen LogP contribution in [0.5, 0.6) is 17.5 Å². The Bertz CT molecular complexity index is 1180. The van der Waals surface area contributed by atoms with Crippen LogP contribution in [0.4, 0.5) is 5.13 Å². The van der Waals surface area contributed by atoms with Crippen LogP contribution in [0.1, 0.15) is 15.9 Å². The summed E-state index contributed by atoms with van der Waals surface area (Å²) in [4.78, 5) is 17.2. The summed E-state index contributed by atoms with van der Waals surface area (Å²) in [6.07, 6.45) is 0.